The molecule has 0 atom stereocenters. The van der Waals surface area contributed by atoms with Gasteiger partial charge in [0, 0.05) is 12.4 Å². The van der Waals surface area contributed by atoms with Crippen molar-refractivity contribution in [1.29, 1.82) is 0 Å². The molecule has 0 aromatic carbocycles. The molecule has 36 valence electrons. The SMILES string of the molecule is Brc1cnccn1. The van der Waals surface area contributed by atoms with Crippen LogP contribution in [0.2, 0.25) is 0 Å². The van der Waals surface area contributed by atoms with Crippen molar-refractivity contribution in [2.75, 3.05) is 0 Å². The van der Waals surface area contributed by atoms with Crippen LogP contribution in [-0.4, -0.2) is 9.97 Å². The molecule has 0 aliphatic carbocycles. The summed E-state index contributed by atoms with van der Waals surface area (Å²) in [6.07, 6.45) is 4.90. The fourth-order valence-electron chi connectivity index (χ4n) is 0.281. The van der Waals surface area contributed by atoms with Gasteiger partial charge in [-0.2, -0.15) is 0 Å². The van der Waals surface area contributed by atoms with Crippen molar-refractivity contribution >= 4 is 15.9 Å². The fraction of sp³-hybridized carbons (Fsp3) is 0. The zero-order valence-corrected chi connectivity index (χ0v) is 5.09. The average Bonchev–Trinajstić information content (AvgIpc) is 1.69. The highest BCUT2D eigenvalue weighted by Gasteiger charge is 1.77. The monoisotopic (exact) mass is 158 g/mol. The maximum absolute atomic E-state index is 3.83. The largest absolute Gasteiger partial charge is 0.260 e. The van der Waals surface area contributed by atoms with Gasteiger partial charge < -0.3 is 0 Å². The second kappa shape index (κ2) is 2.02. The van der Waals surface area contributed by atoms with Gasteiger partial charge in [0.15, 0.2) is 0 Å². The Kier molecular flexibility index (Phi) is 1.36. The summed E-state index contributed by atoms with van der Waals surface area (Å²) in [5.74, 6) is 0. The van der Waals surface area contributed by atoms with Gasteiger partial charge in [0.05, 0.1) is 6.20 Å². The lowest BCUT2D eigenvalue weighted by Gasteiger charge is -1.79. The van der Waals surface area contributed by atoms with Crippen LogP contribution in [0.3, 0.4) is 0 Å². The molecule has 0 spiro atoms. The zero-order chi connectivity index (χ0) is 5.11. The molecule has 0 N–H and O–H groups in total. The van der Waals surface area contributed by atoms with E-state index in [0.717, 1.165) is 4.60 Å². The Morgan fingerprint density at radius 2 is 2.29 bits per heavy atom. The van der Waals surface area contributed by atoms with E-state index in [4.69, 9.17) is 0 Å². The molecule has 1 rings (SSSR count). The topological polar surface area (TPSA) is 25.8 Å². The number of nitrogens with zero attached hydrogens (tertiary/aromatic N) is 2. The van der Waals surface area contributed by atoms with Crippen molar-refractivity contribution in [3.8, 4) is 0 Å². The molecular formula is C4H3BrN2. The standard InChI is InChI=1S/C4H3BrN2/c5-4-3-6-1-2-7-4/h1-3H. The molecule has 3 heteroatoms. The van der Waals surface area contributed by atoms with Gasteiger partial charge in [0.2, 0.25) is 0 Å². The summed E-state index contributed by atoms with van der Waals surface area (Å²) in [5, 5.41) is 0. The Morgan fingerprint density at radius 3 is 2.57 bits per heavy atom. The molecule has 0 aliphatic heterocycles. The molecule has 0 amide bonds. The molecule has 0 bridgehead atoms. The van der Waals surface area contributed by atoms with Gasteiger partial charge in [-0.25, -0.2) is 4.98 Å². The van der Waals surface area contributed by atoms with E-state index in [0.29, 0.717) is 0 Å². The molecule has 0 aliphatic rings. The number of aromatic nitrogens is 2. The third kappa shape index (κ3) is 1.23. The minimum absolute atomic E-state index is 0.773. The zero-order valence-electron chi connectivity index (χ0n) is 3.50. The summed E-state index contributed by atoms with van der Waals surface area (Å²) >= 11 is 3.14. The van der Waals surface area contributed by atoms with Crippen LogP contribution in [-0.2, 0) is 0 Å². The minimum Gasteiger partial charge on any atom is -0.260 e. The summed E-state index contributed by atoms with van der Waals surface area (Å²) in [6, 6.07) is 0. The number of rotatable bonds is 0. The van der Waals surface area contributed by atoms with Crippen LogP contribution < -0.4 is 0 Å². The number of hydrogen-bond acceptors (Lipinski definition) is 2. The van der Waals surface area contributed by atoms with Crippen molar-refractivity contribution in [3.63, 3.8) is 0 Å². The first kappa shape index (κ1) is 4.71. The minimum atomic E-state index is 0.773. The fourth-order valence-corrected chi connectivity index (χ4v) is 0.517. The summed E-state index contributed by atoms with van der Waals surface area (Å²) < 4.78 is 0.773. The van der Waals surface area contributed by atoms with E-state index < -0.39 is 0 Å². The van der Waals surface area contributed by atoms with Gasteiger partial charge >= 0.3 is 0 Å². The van der Waals surface area contributed by atoms with Gasteiger partial charge in [-0.3, -0.25) is 4.98 Å². The third-order valence-electron chi connectivity index (χ3n) is 0.532. The molecule has 0 fully saturated rings. The maximum Gasteiger partial charge on any atom is 0.124 e. The lowest BCUT2D eigenvalue weighted by atomic mass is 10.8. The molecule has 1 heterocycles. The Hall–Kier alpha value is -0.440. The molecule has 0 saturated carbocycles. The molecule has 7 heavy (non-hydrogen) atoms. The summed E-state index contributed by atoms with van der Waals surface area (Å²) in [7, 11) is 0. The van der Waals surface area contributed by atoms with Crippen molar-refractivity contribution in [3.05, 3.63) is 23.2 Å². The normalized spacial score (nSPS) is 8.71. The highest BCUT2D eigenvalue weighted by Crippen LogP contribution is 1.97. The second-order valence-corrected chi connectivity index (χ2v) is 1.84. The highest BCUT2D eigenvalue weighted by atomic mass is 79.9. The Balaban J connectivity index is 3.02. The average molecular weight is 159 g/mol. The maximum atomic E-state index is 3.83. The van der Waals surface area contributed by atoms with Crippen molar-refractivity contribution in [1.82, 2.24) is 9.97 Å². The van der Waals surface area contributed by atoms with E-state index >= 15 is 0 Å². The van der Waals surface area contributed by atoms with Crippen molar-refractivity contribution in [2.45, 2.75) is 0 Å². The van der Waals surface area contributed by atoms with E-state index in [2.05, 4.69) is 25.9 Å². The summed E-state index contributed by atoms with van der Waals surface area (Å²) in [4.78, 5) is 7.61. The Morgan fingerprint density at radius 1 is 1.43 bits per heavy atom. The predicted octanol–water partition coefficient (Wildman–Crippen LogP) is 1.24. The molecule has 0 unspecified atom stereocenters. The summed E-state index contributed by atoms with van der Waals surface area (Å²) in [6.45, 7) is 0. The van der Waals surface area contributed by atoms with Gasteiger partial charge in [-0.15, -0.1) is 0 Å². The first-order valence-corrected chi connectivity index (χ1v) is 2.60. The molecule has 1 aromatic heterocycles. The van der Waals surface area contributed by atoms with Crippen LogP contribution in [0.15, 0.2) is 23.2 Å². The third-order valence-corrected chi connectivity index (χ3v) is 0.941. The first-order valence-electron chi connectivity index (χ1n) is 1.81. The smallest absolute Gasteiger partial charge is 0.124 e. The van der Waals surface area contributed by atoms with Crippen LogP contribution in [0, 0.1) is 0 Å². The van der Waals surface area contributed by atoms with E-state index in [1.165, 1.54) is 0 Å². The number of halogens is 1. The van der Waals surface area contributed by atoms with Crippen molar-refractivity contribution in [2.24, 2.45) is 0 Å². The second-order valence-electron chi connectivity index (χ2n) is 1.03. The van der Waals surface area contributed by atoms with Crippen LogP contribution in [0.5, 0.6) is 0 Å². The molecule has 0 radical (unpaired) electrons. The molecule has 1 aromatic rings. The van der Waals surface area contributed by atoms with Gasteiger partial charge in [-0.1, -0.05) is 0 Å². The van der Waals surface area contributed by atoms with Crippen LogP contribution >= 0.6 is 15.9 Å². The van der Waals surface area contributed by atoms with E-state index in [-0.39, 0.29) is 0 Å². The van der Waals surface area contributed by atoms with Crippen molar-refractivity contribution < 1.29 is 0 Å². The van der Waals surface area contributed by atoms with E-state index in [1.807, 2.05) is 0 Å². The predicted molar refractivity (Wildman–Crippen MR) is 29.7 cm³/mol. The molecule has 0 saturated heterocycles. The summed E-state index contributed by atoms with van der Waals surface area (Å²) in [5.41, 5.74) is 0. The lowest BCUT2D eigenvalue weighted by molar-refractivity contribution is 1.16. The van der Waals surface area contributed by atoms with E-state index in [1.54, 1.807) is 18.6 Å². The van der Waals surface area contributed by atoms with E-state index in [9.17, 15) is 0 Å². The lowest BCUT2D eigenvalue weighted by Crippen LogP contribution is -1.72. The first-order chi connectivity index (χ1) is 3.39. The van der Waals surface area contributed by atoms with Gasteiger partial charge in [0.1, 0.15) is 4.60 Å². The number of hydrogen-bond donors (Lipinski definition) is 0. The van der Waals surface area contributed by atoms with Crippen LogP contribution in [0.1, 0.15) is 0 Å². The Labute approximate surface area is 49.7 Å². The Bertz CT molecular complexity index is 140. The van der Waals surface area contributed by atoms with Gasteiger partial charge in [-0.05, 0) is 15.9 Å². The van der Waals surface area contributed by atoms with Gasteiger partial charge in [0.25, 0.3) is 0 Å². The quantitative estimate of drug-likeness (QED) is 0.569. The molecular weight excluding hydrogens is 156 g/mol. The molecule has 2 nitrogen and oxygen atoms in total. The van der Waals surface area contributed by atoms with Crippen LogP contribution in [0.4, 0.5) is 0 Å². The highest BCUT2D eigenvalue weighted by molar-refractivity contribution is 9.10. The van der Waals surface area contributed by atoms with Crippen LogP contribution in [0.25, 0.3) is 0 Å².